The van der Waals surface area contributed by atoms with E-state index in [1.165, 1.54) is 72.2 Å². The van der Waals surface area contributed by atoms with Crippen LogP contribution in [0.1, 0.15) is 49.7 Å². The lowest BCUT2D eigenvalue weighted by molar-refractivity contribution is 0.430. The Morgan fingerprint density at radius 3 is 2.24 bits per heavy atom. The topological polar surface area (TPSA) is 58.5 Å². The van der Waals surface area contributed by atoms with Crippen LogP contribution in [0.25, 0.3) is 27.1 Å². The van der Waals surface area contributed by atoms with Gasteiger partial charge in [0.2, 0.25) is 0 Å². The fourth-order valence-electron chi connectivity index (χ4n) is 9.73. The molecule has 0 saturated carbocycles. The second-order valence-corrected chi connectivity index (χ2v) is 14.5. The molecule has 0 spiro atoms. The van der Waals surface area contributed by atoms with Crippen LogP contribution in [0.2, 0.25) is 0 Å². The predicted octanol–water partition coefficient (Wildman–Crippen LogP) is 9.77. The quantitative estimate of drug-likeness (QED) is 0.194. The van der Waals surface area contributed by atoms with E-state index < -0.39 is 0 Å². The van der Waals surface area contributed by atoms with E-state index in [0.717, 1.165) is 25.0 Å². The van der Waals surface area contributed by atoms with Crippen molar-refractivity contribution in [3.8, 4) is 0 Å². The minimum absolute atomic E-state index is 0.216. The molecular formula is C45H40N4. The highest BCUT2D eigenvalue weighted by molar-refractivity contribution is 6.17. The van der Waals surface area contributed by atoms with Gasteiger partial charge in [0.05, 0.1) is 11.2 Å². The summed E-state index contributed by atoms with van der Waals surface area (Å²) in [5, 5.41) is 5.31. The molecule has 2 aliphatic heterocycles. The Labute approximate surface area is 288 Å². The number of fused-ring (bicyclic) bond motifs is 11. The fourth-order valence-corrected chi connectivity index (χ4v) is 9.73. The number of anilines is 3. The molecule has 0 radical (unpaired) electrons. The van der Waals surface area contributed by atoms with E-state index in [1.807, 2.05) is 0 Å². The molecule has 0 fully saturated rings. The van der Waals surface area contributed by atoms with Gasteiger partial charge in [-0.25, -0.2) is 0 Å². The number of para-hydroxylation sites is 2. The van der Waals surface area contributed by atoms with Crippen molar-refractivity contribution in [3.63, 3.8) is 0 Å². The molecule has 5 aromatic rings. The molecule has 0 saturated heterocycles. The summed E-state index contributed by atoms with van der Waals surface area (Å²) in [5.41, 5.74) is 25.6. The Balaban J connectivity index is 1.25. The van der Waals surface area contributed by atoms with Crippen LogP contribution < -0.4 is 21.3 Å². The fraction of sp³-hybridized carbons (Fsp3) is 0.200. The summed E-state index contributed by atoms with van der Waals surface area (Å²) in [6, 6.07) is 38.1. The van der Waals surface area contributed by atoms with Crippen molar-refractivity contribution >= 4 is 44.2 Å². The van der Waals surface area contributed by atoms with Gasteiger partial charge in [0.25, 0.3) is 0 Å². The third kappa shape index (κ3) is 4.01. The van der Waals surface area contributed by atoms with Crippen LogP contribution in [0.15, 0.2) is 156 Å². The van der Waals surface area contributed by atoms with Crippen molar-refractivity contribution in [2.45, 2.75) is 56.1 Å². The summed E-state index contributed by atoms with van der Waals surface area (Å²) in [5.74, 6) is 0.224. The van der Waals surface area contributed by atoms with E-state index in [-0.39, 0.29) is 23.5 Å². The average molecular weight is 637 g/mol. The zero-order chi connectivity index (χ0) is 32.9. The van der Waals surface area contributed by atoms with Crippen LogP contribution in [0.4, 0.5) is 17.1 Å². The molecule has 2 heterocycles. The summed E-state index contributed by atoms with van der Waals surface area (Å²) in [4.78, 5) is 5.34. The first-order valence-corrected chi connectivity index (χ1v) is 17.8. The molecular weight excluding hydrogens is 597 g/mol. The van der Waals surface area contributed by atoms with Crippen molar-refractivity contribution in [1.29, 1.82) is 0 Å². The molecule has 4 unspecified atom stereocenters. The van der Waals surface area contributed by atoms with Crippen molar-refractivity contribution < 1.29 is 0 Å². The van der Waals surface area contributed by atoms with Crippen LogP contribution in [-0.4, -0.2) is 17.6 Å². The molecule has 5 aromatic carbocycles. The van der Waals surface area contributed by atoms with Crippen molar-refractivity contribution in [2.75, 3.05) is 9.80 Å². The van der Waals surface area contributed by atoms with Gasteiger partial charge < -0.3 is 21.3 Å². The molecule has 4 heteroatoms. The van der Waals surface area contributed by atoms with Gasteiger partial charge in [-0.2, -0.15) is 0 Å². The molecule has 0 amide bonds. The maximum absolute atomic E-state index is 6.79. The standard InChI is InChI=1S/C45H40N4/c1-45-27-42-36(43-32-20-10-8-18-30(32)31-19-9-11-21-33(31)44(43)48(42)29-16-6-3-7-17-29)24-37(45)34-22-12-13-23-40(34)49(45)41-26-39(47)38(46)25-35(41)28-14-4-2-5-15-28/h3-4,6-25,36,39,42H,2,5,26-27,46-47H2,1H3. The van der Waals surface area contributed by atoms with E-state index in [0.29, 0.717) is 6.42 Å². The molecule has 4 atom stereocenters. The van der Waals surface area contributed by atoms with Crippen LogP contribution in [0.3, 0.4) is 0 Å². The molecule has 3 aliphatic carbocycles. The Bertz CT molecular complexity index is 2360. The summed E-state index contributed by atoms with van der Waals surface area (Å²) < 4.78 is 0. The number of nitrogens with zero attached hydrogens (tertiary/aromatic N) is 2. The van der Waals surface area contributed by atoms with E-state index in [9.17, 15) is 0 Å². The highest BCUT2D eigenvalue weighted by atomic mass is 15.3. The Hall–Kier alpha value is -5.32. The van der Waals surface area contributed by atoms with E-state index in [2.05, 4.69) is 150 Å². The molecule has 10 rings (SSSR count). The molecule has 5 aliphatic rings. The first-order chi connectivity index (χ1) is 24.0. The monoisotopic (exact) mass is 636 g/mol. The van der Waals surface area contributed by atoms with Crippen LogP contribution in [-0.2, 0) is 0 Å². The zero-order valence-corrected chi connectivity index (χ0v) is 27.8. The highest BCUT2D eigenvalue weighted by Crippen LogP contribution is 2.62. The molecule has 4 nitrogen and oxygen atoms in total. The second kappa shape index (κ2) is 10.6. The van der Waals surface area contributed by atoms with Crippen molar-refractivity contribution in [3.05, 3.63) is 167 Å². The van der Waals surface area contributed by atoms with Gasteiger partial charge in [-0.15, -0.1) is 0 Å². The van der Waals surface area contributed by atoms with Gasteiger partial charge in [-0.3, -0.25) is 0 Å². The molecule has 240 valence electrons. The zero-order valence-electron chi connectivity index (χ0n) is 27.8. The SMILES string of the molecule is CC12CC3C(C=C1c1ccccc1N2C1=C(C2=CCCC=C2)C=C(N)C(N)C1)c1c(c2ccccc2c2ccccc12)N3c1ccccc1. The second-order valence-electron chi connectivity index (χ2n) is 14.5. The third-order valence-corrected chi connectivity index (χ3v) is 11.8. The maximum Gasteiger partial charge on any atom is 0.0695 e. The number of benzene rings is 5. The van der Waals surface area contributed by atoms with Gasteiger partial charge in [0.1, 0.15) is 0 Å². The molecule has 0 aromatic heterocycles. The summed E-state index contributed by atoms with van der Waals surface area (Å²) >= 11 is 0. The highest BCUT2D eigenvalue weighted by Gasteiger charge is 2.55. The largest absolute Gasteiger partial charge is 0.401 e. The minimum Gasteiger partial charge on any atom is -0.401 e. The number of rotatable bonds is 3. The van der Waals surface area contributed by atoms with E-state index in [4.69, 9.17) is 11.5 Å². The van der Waals surface area contributed by atoms with Crippen molar-refractivity contribution in [2.24, 2.45) is 11.5 Å². The maximum atomic E-state index is 6.79. The molecule has 49 heavy (non-hydrogen) atoms. The lowest BCUT2D eigenvalue weighted by Crippen LogP contribution is -2.52. The van der Waals surface area contributed by atoms with Crippen LogP contribution >= 0.6 is 0 Å². The lowest BCUT2D eigenvalue weighted by atomic mass is 9.72. The Kier molecular flexibility index (Phi) is 6.20. The van der Waals surface area contributed by atoms with E-state index >= 15 is 0 Å². The Morgan fingerprint density at radius 1 is 0.776 bits per heavy atom. The van der Waals surface area contributed by atoms with Crippen LogP contribution in [0.5, 0.6) is 0 Å². The normalized spacial score (nSPS) is 25.5. The number of nitrogens with two attached hydrogens (primary N) is 2. The van der Waals surface area contributed by atoms with Gasteiger partial charge in [0, 0.05) is 63.7 Å². The summed E-state index contributed by atoms with van der Waals surface area (Å²) in [6.45, 7) is 2.47. The molecule has 4 N–H and O–H groups in total. The number of hydrogen-bond acceptors (Lipinski definition) is 4. The number of allylic oxidation sites excluding steroid dienone is 6. The van der Waals surface area contributed by atoms with Gasteiger partial charge in [0.15, 0.2) is 0 Å². The van der Waals surface area contributed by atoms with Crippen LogP contribution in [0, 0.1) is 0 Å². The summed E-state index contributed by atoms with van der Waals surface area (Å²) in [6.07, 6.45) is 15.5. The minimum atomic E-state index is -0.301. The Morgan fingerprint density at radius 2 is 1.47 bits per heavy atom. The van der Waals surface area contributed by atoms with Gasteiger partial charge in [-0.05, 0) is 83.3 Å². The van der Waals surface area contributed by atoms with Gasteiger partial charge >= 0.3 is 0 Å². The first kappa shape index (κ1) is 28.7. The average Bonchev–Trinajstić information content (AvgIpc) is 3.61. The smallest absolute Gasteiger partial charge is 0.0695 e. The van der Waals surface area contributed by atoms with Crippen molar-refractivity contribution in [1.82, 2.24) is 0 Å². The first-order valence-electron chi connectivity index (χ1n) is 17.8. The third-order valence-electron chi connectivity index (χ3n) is 11.8. The molecule has 0 bridgehead atoms. The lowest BCUT2D eigenvalue weighted by Gasteiger charge is -2.48. The van der Waals surface area contributed by atoms with Gasteiger partial charge in [-0.1, -0.05) is 109 Å². The van der Waals surface area contributed by atoms with E-state index in [1.54, 1.807) is 0 Å². The summed E-state index contributed by atoms with van der Waals surface area (Å²) in [7, 11) is 0. The number of hydrogen-bond donors (Lipinski definition) is 2. The predicted molar refractivity (Wildman–Crippen MR) is 205 cm³/mol.